The van der Waals surface area contributed by atoms with E-state index in [-0.39, 0.29) is 0 Å². The lowest BCUT2D eigenvalue weighted by Crippen LogP contribution is -1.82. The lowest BCUT2D eigenvalue weighted by atomic mass is 10.2. The van der Waals surface area contributed by atoms with E-state index in [0.29, 0.717) is 0 Å². The van der Waals surface area contributed by atoms with Crippen LogP contribution in [0.1, 0.15) is 5.56 Å². The van der Waals surface area contributed by atoms with Crippen molar-refractivity contribution in [3.63, 3.8) is 0 Å². The molecule has 0 heterocycles. The first-order valence-corrected chi connectivity index (χ1v) is 6.04. The van der Waals surface area contributed by atoms with E-state index in [1.54, 1.807) is 29.6 Å². The second-order valence-corrected chi connectivity index (χ2v) is 3.94. The lowest BCUT2D eigenvalue weighted by Gasteiger charge is -2.06. The van der Waals surface area contributed by atoms with Crippen molar-refractivity contribution in [2.45, 2.75) is 9.79 Å². The Morgan fingerprint density at radius 1 is 1.17 bits per heavy atom. The molecule has 0 atom stereocenters. The van der Waals surface area contributed by atoms with Crippen molar-refractivity contribution in [2.75, 3.05) is 12.5 Å². The van der Waals surface area contributed by atoms with Gasteiger partial charge in [0, 0.05) is 15.4 Å². The molecule has 0 nitrogen and oxygen atoms in total. The molecule has 12 heavy (non-hydrogen) atoms. The summed E-state index contributed by atoms with van der Waals surface area (Å²) in [5.41, 5.74) is 1.15. The van der Waals surface area contributed by atoms with Gasteiger partial charge in [-0.15, -0.1) is 23.5 Å². The number of hydrogen-bond donors (Lipinski definition) is 0. The van der Waals surface area contributed by atoms with Crippen molar-refractivity contribution in [2.24, 2.45) is 0 Å². The summed E-state index contributed by atoms with van der Waals surface area (Å²) in [5, 5.41) is 0. The molecule has 0 fully saturated rings. The second-order valence-electron chi connectivity index (χ2n) is 2.24. The second kappa shape index (κ2) is 4.63. The highest BCUT2D eigenvalue weighted by molar-refractivity contribution is 7.99. The summed E-state index contributed by atoms with van der Waals surface area (Å²) in [6.45, 7) is 5.55. The van der Waals surface area contributed by atoms with Gasteiger partial charge in [0.15, 0.2) is 0 Å². The van der Waals surface area contributed by atoms with Gasteiger partial charge in [0.2, 0.25) is 0 Å². The molecule has 0 spiro atoms. The molecule has 0 amide bonds. The molecule has 0 aliphatic carbocycles. The third-order valence-corrected chi connectivity index (χ3v) is 3.22. The predicted octanol–water partition coefficient (Wildman–Crippen LogP) is 3.58. The van der Waals surface area contributed by atoms with Gasteiger partial charge < -0.3 is 0 Å². The van der Waals surface area contributed by atoms with E-state index < -0.39 is 0 Å². The highest BCUT2D eigenvalue weighted by Crippen LogP contribution is 2.29. The highest BCUT2D eigenvalue weighted by atomic mass is 32.2. The van der Waals surface area contributed by atoms with Crippen LogP contribution in [-0.2, 0) is 0 Å². The quantitative estimate of drug-likeness (QED) is 0.676. The van der Waals surface area contributed by atoms with Gasteiger partial charge in [0.05, 0.1) is 0 Å². The van der Waals surface area contributed by atoms with Crippen molar-refractivity contribution in [3.8, 4) is 0 Å². The summed E-state index contributed by atoms with van der Waals surface area (Å²) in [6.07, 6.45) is 5.80. The average molecular weight is 195 g/mol. The fraction of sp³-hybridized carbons (Fsp3) is 0.200. The smallest absolute Gasteiger partial charge is 0.0153 e. The molecule has 1 aromatic carbocycles. The average Bonchev–Trinajstić information content (AvgIpc) is 2.16. The van der Waals surface area contributed by atoms with E-state index in [1.165, 1.54) is 9.79 Å². The van der Waals surface area contributed by atoms with Crippen LogP contribution in [0.25, 0.3) is 6.08 Å². The summed E-state index contributed by atoms with van der Waals surface area (Å²) in [4.78, 5) is 2.48. The number of hydrogen-bond acceptors (Lipinski definition) is 2. The fourth-order valence-electron chi connectivity index (χ4n) is 1.04. The maximum Gasteiger partial charge on any atom is 0.0153 e. The van der Waals surface area contributed by atoms with Crippen LogP contribution in [0.4, 0.5) is 0 Å². The van der Waals surface area contributed by atoms with Crippen molar-refractivity contribution >= 4 is 29.6 Å². The van der Waals surface area contributed by atoms with Gasteiger partial charge in [-0.1, -0.05) is 18.7 Å². The molecular formula is C10H11S2. The molecule has 0 bridgehead atoms. The summed E-state index contributed by atoms with van der Waals surface area (Å²) >= 11 is 3.45. The van der Waals surface area contributed by atoms with E-state index in [1.807, 2.05) is 0 Å². The molecule has 1 aromatic rings. The van der Waals surface area contributed by atoms with E-state index in [9.17, 15) is 0 Å². The minimum Gasteiger partial charge on any atom is -0.129 e. The Morgan fingerprint density at radius 3 is 2.00 bits per heavy atom. The normalized spacial score (nSPS) is 9.83. The first-order valence-electron chi connectivity index (χ1n) is 3.59. The molecular weight excluding hydrogens is 184 g/mol. The van der Waals surface area contributed by atoms with Crippen LogP contribution in [0.5, 0.6) is 0 Å². The molecule has 63 valence electrons. The van der Waals surface area contributed by atoms with Crippen molar-refractivity contribution in [1.29, 1.82) is 0 Å². The topological polar surface area (TPSA) is 0 Å². The summed E-state index contributed by atoms with van der Waals surface area (Å²) < 4.78 is 0. The van der Waals surface area contributed by atoms with Gasteiger partial charge in [-0.05, 0) is 24.6 Å². The summed E-state index contributed by atoms with van der Waals surface area (Å²) in [7, 11) is 0. The van der Waals surface area contributed by atoms with Gasteiger partial charge in [0.25, 0.3) is 0 Å². The molecule has 2 heteroatoms. The zero-order valence-electron chi connectivity index (χ0n) is 7.20. The van der Waals surface area contributed by atoms with E-state index in [2.05, 4.69) is 30.7 Å². The van der Waals surface area contributed by atoms with Crippen LogP contribution >= 0.6 is 23.5 Å². The molecule has 0 aromatic heterocycles. The van der Waals surface area contributed by atoms with Crippen LogP contribution in [0.3, 0.4) is 0 Å². The predicted molar refractivity (Wildman–Crippen MR) is 58.8 cm³/mol. The largest absolute Gasteiger partial charge is 0.129 e. The zero-order chi connectivity index (χ0) is 8.97. The number of thioether (sulfide) groups is 2. The maximum atomic E-state index is 5.55. The fourth-order valence-corrected chi connectivity index (χ4v) is 2.33. The van der Waals surface area contributed by atoms with Crippen LogP contribution < -0.4 is 0 Å². The monoisotopic (exact) mass is 195 g/mol. The Morgan fingerprint density at radius 2 is 1.67 bits per heavy atom. The molecule has 0 aliphatic heterocycles. The molecule has 0 aliphatic rings. The number of benzene rings is 1. The van der Waals surface area contributed by atoms with Crippen LogP contribution in [-0.4, -0.2) is 12.5 Å². The molecule has 1 rings (SSSR count). The highest BCUT2D eigenvalue weighted by Gasteiger charge is 2.02. The van der Waals surface area contributed by atoms with E-state index in [4.69, 9.17) is 6.58 Å². The van der Waals surface area contributed by atoms with Crippen molar-refractivity contribution in [1.82, 2.24) is 0 Å². The Bertz CT molecular complexity index is 257. The minimum atomic E-state index is 1.15. The molecule has 0 saturated heterocycles. The zero-order valence-corrected chi connectivity index (χ0v) is 8.84. The van der Waals surface area contributed by atoms with Crippen LogP contribution in [0, 0.1) is 6.58 Å². The Labute approximate surface area is 82.4 Å². The molecule has 0 unspecified atom stereocenters. The SMILES string of the molecule is [CH]=Cc1c(SC)cccc1SC. The van der Waals surface area contributed by atoms with Gasteiger partial charge in [-0.25, -0.2) is 0 Å². The summed E-state index contributed by atoms with van der Waals surface area (Å²) in [5.74, 6) is 0. The molecule has 0 saturated carbocycles. The third kappa shape index (κ3) is 1.87. The Kier molecular flexibility index (Phi) is 3.76. The first kappa shape index (κ1) is 9.75. The maximum absolute atomic E-state index is 5.55. The molecule has 0 N–H and O–H groups in total. The first-order chi connectivity index (χ1) is 5.83. The van der Waals surface area contributed by atoms with Gasteiger partial charge in [-0.3, -0.25) is 0 Å². The Hall–Kier alpha value is -0.340. The molecule has 1 radical (unpaired) electrons. The van der Waals surface area contributed by atoms with Gasteiger partial charge >= 0.3 is 0 Å². The Balaban J connectivity index is 3.21. The van der Waals surface area contributed by atoms with E-state index >= 15 is 0 Å². The minimum absolute atomic E-state index is 1.15. The van der Waals surface area contributed by atoms with Gasteiger partial charge in [0.1, 0.15) is 0 Å². The lowest BCUT2D eigenvalue weighted by molar-refractivity contribution is 1.30. The van der Waals surface area contributed by atoms with Crippen LogP contribution in [0.15, 0.2) is 28.0 Å². The van der Waals surface area contributed by atoms with Crippen molar-refractivity contribution in [3.05, 3.63) is 30.3 Å². The third-order valence-electron chi connectivity index (χ3n) is 1.63. The van der Waals surface area contributed by atoms with Crippen LogP contribution in [0.2, 0.25) is 0 Å². The standard InChI is InChI=1S/C10H11S2/c1-4-8-9(11-2)6-5-7-10(8)12-3/h1,4-7H,2-3H3. The van der Waals surface area contributed by atoms with E-state index in [0.717, 1.165) is 5.56 Å². The van der Waals surface area contributed by atoms with Crippen molar-refractivity contribution < 1.29 is 0 Å². The summed E-state index contributed by atoms with van der Waals surface area (Å²) in [6, 6.07) is 6.23. The van der Waals surface area contributed by atoms with Gasteiger partial charge in [-0.2, -0.15) is 0 Å². The number of rotatable bonds is 3.